The Hall–Kier alpha value is -2.58. The summed E-state index contributed by atoms with van der Waals surface area (Å²) >= 11 is 0. The molecule has 0 unspecified atom stereocenters. The number of carboxylic acids is 1. The molecule has 1 aromatic heterocycles. The molecule has 2 heterocycles. The molecule has 0 bridgehead atoms. The highest BCUT2D eigenvalue weighted by molar-refractivity contribution is 5.87. The number of alkyl halides is 2. The van der Waals surface area contributed by atoms with Crippen LogP contribution >= 0.6 is 0 Å². The van der Waals surface area contributed by atoms with Crippen LogP contribution in [0.1, 0.15) is 17.4 Å². The molecule has 1 aliphatic rings. The van der Waals surface area contributed by atoms with Gasteiger partial charge in [-0.2, -0.15) is 5.10 Å². The number of benzene rings is 1. The van der Waals surface area contributed by atoms with E-state index in [1.807, 2.05) is 0 Å². The molecule has 1 aromatic carbocycles. The van der Waals surface area contributed by atoms with Crippen LogP contribution in [0.15, 0.2) is 24.3 Å². The number of halogens is 4. The van der Waals surface area contributed by atoms with E-state index in [1.165, 1.54) is 19.1 Å². The molecule has 1 fully saturated rings. The summed E-state index contributed by atoms with van der Waals surface area (Å²) in [5.74, 6) is -6.76. The van der Waals surface area contributed by atoms with Crippen molar-refractivity contribution in [3.05, 3.63) is 41.6 Å². The normalized spacial score (nSPS) is 19.5. The highest BCUT2D eigenvalue weighted by Gasteiger charge is 2.54. The zero-order chi connectivity index (χ0) is 16.9. The second-order valence-corrected chi connectivity index (χ2v) is 5.24. The van der Waals surface area contributed by atoms with Crippen molar-refractivity contribution in [1.29, 1.82) is 0 Å². The van der Waals surface area contributed by atoms with Crippen LogP contribution in [0, 0.1) is 11.6 Å². The lowest BCUT2D eigenvalue weighted by atomic mass is 10.00. The Labute approximate surface area is 127 Å². The second kappa shape index (κ2) is 4.97. The predicted octanol–water partition coefficient (Wildman–Crippen LogP) is 2.69. The van der Waals surface area contributed by atoms with Crippen molar-refractivity contribution in [3.8, 4) is 5.69 Å². The topological polar surface area (TPSA) is 58.4 Å². The van der Waals surface area contributed by atoms with Crippen LogP contribution in [0.4, 0.5) is 23.4 Å². The van der Waals surface area contributed by atoms with Gasteiger partial charge >= 0.3 is 5.97 Å². The molecule has 0 spiro atoms. The maximum atomic E-state index is 14.4. The first kappa shape index (κ1) is 15.3. The van der Waals surface area contributed by atoms with E-state index in [0.29, 0.717) is 0 Å². The van der Waals surface area contributed by atoms with E-state index in [-0.39, 0.29) is 11.5 Å². The maximum Gasteiger partial charge on any atom is 0.359 e. The number of hydrogen-bond acceptors (Lipinski definition) is 3. The van der Waals surface area contributed by atoms with Gasteiger partial charge in [0.1, 0.15) is 5.82 Å². The van der Waals surface area contributed by atoms with E-state index in [0.717, 1.165) is 21.7 Å². The van der Waals surface area contributed by atoms with Gasteiger partial charge in [0.05, 0.1) is 18.3 Å². The van der Waals surface area contributed by atoms with Gasteiger partial charge in [-0.1, -0.05) is 0 Å². The minimum Gasteiger partial charge on any atom is -0.476 e. The van der Waals surface area contributed by atoms with Crippen molar-refractivity contribution in [2.24, 2.45) is 0 Å². The molecule has 1 aliphatic heterocycles. The van der Waals surface area contributed by atoms with E-state index in [2.05, 4.69) is 5.10 Å². The van der Waals surface area contributed by atoms with Crippen LogP contribution in [-0.4, -0.2) is 39.4 Å². The lowest BCUT2D eigenvalue weighted by molar-refractivity contribution is -0.0649. The lowest BCUT2D eigenvalue weighted by Crippen LogP contribution is -2.64. The monoisotopic (exact) mass is 329 g/mol. The molecule has 0 saturated carbocycles. The number of hydrogen-bond donors (Lipinski definition) is 1. The Balaban J connectivity index is 2.13. The summed E-state index contributed by atoms with van der Waals surface area (Å²) in [5, 5.41) is 12.6. The molecular weight excluding hydrogens is 318 g/mol. The zero-order valence-corrected chi connectivity index (χ0v) is 11.8. The second-order valence-electron chi connectivity index (χ2n) is 5.24. The van der Waals surface area contributed by atoms with Gasteiger partial charge in [0.15, 0.2) is 5.82 Å². The Morgan fingerprint density at radius 1 is 1.30 bits per heavy atom. The highest BCUT2D eigenvalue weighted by Crippen LogP contribution is 2.40. The average Bonchev–Trinajstić information content (AvgIpc) is 2.83. The molecule has 0 aliphatic carbocycles. The summed E-state index contributed by atoms with van der Waals surface area (Å²) in [5.41, 5.74) is -0.720. The summed E-state index contributed by atoms with van der Waals surface area (Å²) in [4.78, 5) is 12.1. The van der Waals surface area contributed by atoms with Crippen LogP contribution in [0.3, 0.4) is 0 Å². The van der Waals surface area contributed by atoms with E-state index in [1.54, 1.807) is 0 Å². The largest absolute Gasteiger partial charge is 0.476 e. The first-order valence-electron chi connectivity index (χ1n) is 6.64. The van der Waals surface area contributed by atoms with Crippen LogP contribution < -0.4 is 4.90 Å². The van der Waals surface area contributed by atoms with E-state index >= 15 is 0 Å². The summed E-state index contributed by atoms with van der Waals surface area (Å²) < 4.78 is 55.1. The van der Waals surface area contributed by atoms with Crippen LogP contribution in [-0.2, 0) is 0 Å². The minimum absolute atomic E-state index is 0.162. The fourth-order valence-electron chi connectivity index (χ4n) is 2.41. The van der Waals surface area contributed by atoms with E-state index < -0.39 is 41.8 Å². The molecule has 1 atom stereocenters. The SMILES string of the molecule is C[C@H]1N(c2c(F)c(C(=O)O)nn2-c2ccc(F)cc2)CC1(F)F. The van der Waals surface area contributed by atoms with Gasteiger partial charge in [-0.3, -0.25) is 0 Å². The zero-order valence-electron chi connectivity index (χ0n) is 11.8. The average molecular weight is 329 g/mol. The fraction of sp³-hybridized carbons (Fsp3) is 0.286. The Kier molecular flexibility index (Phi) is 3.31. The third-order valence-corrected chi connectivity index (χ3v) is 3.81. The predicted molar refractivity (Wildman–Crippen MR) is 72.2 cm³/mol. The van der Waals surface area contributed by atoms with Crippen molar-refractivity contribution in [1.82, 2.24) is 9.78 Å². The molecule has 9 heteroatoms. The molecule has 1 N–H and O–H groups in total. The first-order valence-corrected chi connectivity index (χ1v) is 6.64. The quantitative estimate of drug-likeness (QED) is 0.880. The Bertz CT molecular complexity index is 773. The highest BCUT2D eigenvalue weighted by atomic mass is 19.3. The first-order chi connectivity index (χ1) is 10.7. The van der Waals surface area contributed by atoms with Gasteiger partial charge in [-0.15, -0.1) is 0 Å². The molecule has 3 rings (SSSR count). The smallest absolute Gasteiger partial charge is 0.359 e. The van der Waals surface area contributed by atoms with Gasteiger partial charge in [0, 0.05) is 0 Å². The summed E-state index contributed by atoms with van der Waals surface area (Å²) in [7, 11) is 0. The minimum atomic E-state index is -3.01. The Morgan fingerprint density at radius 3 is 2.39 bits per heavy atom. The van der Waals surface area contributed by atoms with Crippen molar-refractivity contribution < 1.29 is 27.5 Å². The molecule has 5 nitrogen and oxygen atoms in total. The number of rotatable bonds is 3. The summed E-state index contributed by atoms with van der Waals surface area (Å²) in [6.07, 6.45) is 0. The Morgan fingerprint density at radius 2 is 1.91 bits per heavy atom. The van der Waals surface area contributed by atoms with E-state index in [9.17, 15) is 22.4 Å². The standard InChI is InChI=1S/C14H11F4N3O2/c1-7-14(17,18)6-20(7)12-10(16)11(13(22)23)19-21(12)9-4-2-8(15)3-5-9/h2-5,7H,6H2,1H3,(H,22,23)/t7-/m1/s1. The summed E-state index contributed by atoms with van der Waals surface area (Å²) in [6.45, 7) is 0.447. The van der Waals surface area contributed by atoms with Crippen LogP contribution in [0.2, 0.25) is 0 Å². The fourth-order valence-corrected chi connectivity index (χ4v) is 2.41. The molecule has 1 saturated heterocycles. The number of carbonyl (C=O) groups is 1. The number of nitrogens with zero attached hydrogens (tertiary/aromatic N) is 3. The third kappa shape index (κ3) is 2.32. The number of anilines is 1. The number of aromatic nitrogens is 2. The van der Waals surface area contributed by atoms with Gasteiger partial charge in [0.2, 0.25) is 11.5 Å². The van der Waals surface area contributed by atoms with Gasteiger partial charge < -0.3 is 10.0 Å². The number of aromatic carboxylic acids is 1. The summed E-state index contributed by atoms with van der Waals surface area (Å²) in [6, 6.07) is 3.34. The van der Waals surface area contributed by atoms with Crippen molar-refractivity contribution >= 4 is 11.8 Å². The number of carboxylic acid groups (broad SMARTS) is 1. The molecule has 23 heavy (non-hydrogen) atoms. The third-order valence-electron chi connectivity index (χ3n) is 3.81. The van der Waals surface area contributed by atoms with Crippen LogP contribution in [0.5, 0.6) is 0 Å². The van der Waals surface area contributed by atoms with E-state index in [4.69, 9.17) is 5.11 Å². The van der Waals surface area contributed by atoms with Gasteiger partial charge in [-0.05, 0) is 31.2 Å². The van der Waals surface area contributed by atoms with Crippen molar-refractivity contribution in [2.75, 3.05) is 11.4 Å². The maximum absolute atomic E-state index is 14.4. The molecule has 0 radical (unpaired) electrons. The van der Waals surface area contributed by atoms with Crippen LogP contribution in [0.25, 0.3) is 5.69 Å². The van der Waals surface area contributed by atoms with Gasteiger partial charge in [-0.25, -0.2) is 27.0 Å². The van der Waals surface area contributed by atoms with Gasteiger partial charge in [0.25, 0.3) is 5.92 Å². The molecular formula is C14H11F4N3O2. The lowest BCUT2D eigenvalue weighted by Gasteiger charge is -2.46. The molecule has 2 aromatic rings. The molecule has 0 amide bonds. The van der Waals surface area contributed by atoms with Crippen molar-refractivity contribution in [2.45, 2.75) is 18.9 Å². The van der Waals surface area contributed by atoms with Crippen molar-refractivity contribution in [3.63, 3.8) is 0 Å². The molecule has 122 valence electrons.